The molecule has 4 fully saturated rings. The Morgan fingerprint density at radius 3 is 2.00 bits per heavy atom. The van der Waals surface area contributed by atoms with Crippen LogP contribution in [0.5, 0.6) is 0 Å². The number of rotatable bonds is 9. The first-order valence-electron chi connectivity index (χ1n) is 15.0. The summed E-state index contributed by atoms with van der Waals surface area (Å²) in [5.74, 6) is -0.438. The molecule has 0 unspecified atom stereocenters. The molecular formula is C29H50N4O5S. The number of carbonyl (C=O) groups excluding carboxylic acids is 1. The molecule has 0 spiro atoms. The van der Waals surface area contributed by atoms with E-state index >= 15 is 0 Å². The lowest BCUT2D eigenvalue weighted by molar-refractivity contribution is -0.163. The van der Waals surface area contributed by atoms with Crippen LogP contribution in [0.2, 0.25) is 0 Å². The fourth-order valence-corrected chi connectivity index (χ4v) is 8.82. The molecule has 1 amide bonds. The van der Waals surface area contributed by atoms with Crippen LogP contribution < -0.4 is 10.6 Å². The molecule has 5 aliphatic rings. The number of nitrogens with one attached hydrogen (secondary N) is 2. The molecule has 3 heterocycles. The van der Waals surface area contributed by atoms with Gasteiger partial charge >= 0.3 is 5.97 Å². The topological polar surface area (TPSA) is 125 Å². The van der Waals surface area contributed by atoms with E-state index in [1.54, 1.807) is 18.7 Å². The van der Waals surface area contributed by atoms with E-state index in [1.165, 1.54) is 56.3 Å². The molecule has 0 radical (unpaired) electrons. The Bertz CT molecular complexity index is 867. The number of carbonyl (C=O) groups is 2. The number of thioether (sulfide) groups is 1. The van der Waals surface area contributed by atoms with E-state index in [0.29, 0.717) is 29.9 Å². The highest BCUT2D eigenvalue weighted by Gasteiger charge is 2.60. The zero-order valence-electron chi connectivity index (χ0n) is 24.1. The van der Waals surface area contributed by atoms with Gasteiger partial charge in [-0.25, -0.2) is 4.79 Å². The Balaban J connectivity index is 0.000000298. The highest BCUT2D eigenvalue weighted by Crippen LogP contribution is 2.52. The smallest absolute Gasteiger partial charge is 0.353 e. The summed E-state index contributed by atoms with van der Waals surface area (Å²) in [6, 6.07) is 1.17. The first kappa shape index (κ1) is 30.8. The van der Waals surface area contributed by atoms with E-state index in [4.69, 9.17) is 5.11 Å². The number of β-lactam (4-membered cyclic amide) rings is 1. The largest absolute Gasteiger partial charge is 0.477 e. The van der Waals surface area contributed by atoms with Crippen LogP contribution in [0.1, 0.15) is 65.2 Å². The number of hydrogen-bond donors (Lipinski definition) is 5. The lowest BCUT2D eigenvalue weighted by Gasteiger charge is -2.46. The van der Waals surface area contributed by atoms with E-state index in [2.05, 4.69) is 15.5 Å². The van der Waals surface area contributed by atoms with Crippen LogP contribution in [0.25, 0.3) is 0 Å². The van der Waals surface area contributed by atoms with Gasteiger partial charge in [-0.2, -0.15) is 0 Å². The highest BCUT2D eigenvalue weighted by molar-refractivity contribution is 8.03. The van der Waals surface area contributed by atoms with Gasteiger partial charge in [0, 0.05) is 54.4 Å². The lowest BCUT2D eigenvalue weighted by atomic mass is 9.79. The van der Waals surface area contributed by atoms with Gasteiger partial charge < -0.3 is 35.8 Å². The van der Waals surface area contributed by atoms with Crippen LogP contribution in [-0.4, -0.2) is 107 Å². The third kappa shape index (κ3) is 6.84. The highest BCUT2D eigenvalue weighted by atomic mass is 32.2. The van der Waals surface area contributed by atoms with Crippen molar-refractivity contribution in [2.24, 2.45) is 23.7 Å². The minimum Gasteiger partial charge on any atom is -0.477 e. The fourth-order valence-electron chi connectivity index (χ4n) is 7.24. The normalized spacial score (nSPS) is 36.0. The standard InChI is InChI=1S/C21H33N3O4S.C8H17NO/c1-11-17-16(12(2)25)20(26)24(17)18(21(27)28)19(11)29-15-9-23(10-15)8-13-4-6-14(22-3)7-5-13;1-9-8-4-2-7(6-10)3-5-8/h11-17,22,25H,4-10H2,1-3H3,(H,27,28);7-10H,2-6H2,1H3/t11-,12-,13?,14?,16-,17-;/m1./s1. The zero-order chi connectivity index (χ0) is 28.3. The molecule has 222 valence electrons. The Morgan fingerprint density at radius 1 is 1.00 bits per heavy atom. The summed E-state index contributed by atoms with van der Waals surface area (Å²) < 4.78 is 0. The second kappa shape index (κ2) is 13.7. The summed E-state index contributed by atoms with van der Waals surface area (Å²) in [5, 5.41) is 35.5. The van der Waals surface area contributed by atoms with Gasteiger partial charge in [0.25, 0.3) is 0 Å². The molecule has 39 heavy (non-hydrogen) atoms. The zero-order valence-corrected chi connectivity index (χ0v) is 25.0. The van der Waals surface area contributed by atoms with Gasteiger partial charge in [0.1, 0.15) is 5.70 Å². The molecule has 0 aromatic rings. The summed E-state index contributed by atoms with van der Waals surface area (Å²) >= 11 is 1.64. The lowest BCUT2D eigenvalue weighted by Crippen LogP contribution is -2.63. The Morgan fingerprint density at radius 2 is 1.54 bits per heavy atom. The van der Waals surface area contributed by atoms with Crippen molar-refractivity contribution >= 4 is 23.6 Å². The van der Waals surface area contributed by atoms with Gasteiger partial charge in [-0.1, -0.05) is 6.92 Å². The number of carboxylic acids is 1. The van der Waals surface area contributed by atoms with E-state index in [0.717, 1.165) is 30.5 Å². The number of aliphatic hydroxyl groups excluding tert-OH is 2. The van der Waals surface area contributed by atoms with Crippen molar-refractivity contribution in [1.29, 1.82) is 0 Å². The molecule has 9 nitrogen and oxygen atoms in total. The molecule has 5 N–H and O–H groups in total. The number of amides is 1. The van der Waals surface area contributed by atoms with Crippen LogP contribution >= 0.6 is 11.8 Å². The molecule has 2 saturated carbocycles. The number of aliphatic carboxylic acids is 1. The molecule has 3 aliphatic heterocycles. The monoisotopic (exact) mass is 566 g/mol. The second-order valence-electron chi connectivity index (χ2n) is 12.4. The minimum absolute atomic E-state index is 0.0331. The van der Waals surface area contributed by atoms with Crippen molar-refractivity contribution in [3.63, 3.8) is 0 Å². The van der Waals surface area contributed by atoms with Crippen LogP contribution in [0.4, 0.5) is 0 Å². The third-order valence-electron chi connectivity index (χ3n) is 9.81. The number of nitrogens with zero attached hydrogens (tertiary/aromatic N) is 2. The van der Waals surface area contributed by atoms with Crippen molar-refractivity contribution in [2.45, 2.75) is 94.7 Å². The number of hydrogen-bond acceptors (Lipinski definition) is 8. The summed E-state index contributed by atoms with van der Waals surface area (Å²) in [6.45, 7) is 7.11. The molecule has 0 aromatic heterocycles. The fraction of sp³-hybridized carbons (Fsp3) is 0.862. The molecule has 10 heteroatoms. The van der Waals surface area contributed by atoms with Crippen LogP contribution in [0.3, 0.4) is 0 Å². The average Bonchev–Trinajstić information content (AvgIpc) is 3.15. The summed E-state index contributed by atoms with van der Waals surface area (Å²) in [4.78, 5) is 29.0. The Kier molecular flexibility index (Phi) is 10.8. The van der Waals surface area contributed by atoms with Crippen molar-refractivity contribution in [2.75, 3.05) is 40.3 Å². The number of carboxylic acid groups (broad SMARTS) is 1. The van der Waals surface area contributed by atoms with E-state index < -0.39 is 18.0 Å². The maximum absolute atomic E-state index is 12.4. The molecule has 0 bridgehead atoms. The number of aliphatic hydroxyl groups is 2. The van der Waals surface area contributed by atoms with Crippen molar-refractivity contribution in [1.82, 2.24) is 20.4 Å². The first-order valence-corrected chi connectivity index (χ1v) is 15.9. The minimum atomic E-state index is -1.03. The maximum atomic E-state index is 12.4. The van der Waals surface area contributed by atoms with Crippen molar-refractivity contribution in [3.8, 4) is 0 Å². The van der Waals surface area contributed by atoms with E-state index in [-0.39, 0.29) is 23.6 Å². The average molecular weight is 567 g/mol. The summed E-state index contributed by atoms with van der Waals surface area (Å²) in [6.07, 6.45) is 9.20. The van der Waals surface area contributed by atoms with Gasteiger partial charge in [-0.3, -0.25) is 4.79 Å². The van der Waals surface area contributed by atoms with Crippen molar-refractivity contribution < 1.29 is 24.9 Å². The summed E-state index contributed by atoms with van der Waals surface area (Å²) in [5.41, 5.74) is 0.151. The molecule has 2 aliphatic carbocycles. The van der Waals surface area contributed by atoms with Crippen molar-refractivity contribution in [3.05, 3.63) is 10.6 Å². The summed E-state index contributed by atoms with van der Waals surface area (Å²) in [7, 11) is 4.07. The van der Waals surface area contributed by atoms with Gasteiger partial charge in [0.05, 0.1) is 18.1 Å². The number of fused-ring (bicyclic) bond motifs is 1. The predicted molar refractivity (Wildman–Crippen MR) is 154 cm³/mol. The molecule has 5 rings (SSSR count). The Hall–Kier alpha value is -1.17. The van der Waals surface area contributed by atoms with Gasteiger partial charge in [-0.15, -0.1) is 11.8 Å². The molecule has 2 saturated heterocycles. The van der Waals surface area contributed by atoms with E-state index in [1.807, 2.05) is 21.0 Å². The van der Waals surface area contributed by atoms with Gasteiger partial charge in [0.15, 0.2) is 0 Å². The SMILES string of the molecule is CNC1CCC(CN2CC(SC3=C(C(=O)O)N4C(=O)[C@H]([C@@H](C)O)[C@H]4[C@H]3C)C2)CC1.CNC1CCC(CO)CC1. The van der Waals surface area contributed by atoms with Crippen LogP contribution in [0.15, 0.2) is 10.6 Å². The quantitative estimate of drug-likeness (QED) is 0.267. The molecule has 0 aromatic carbocycles. The third-order valence-corrected chi connectivity index (χ3v) is 11.3. The maximum Gasteiger partial charge on any atom is 0.353 e. The van der Waals surface area contributed by atoms with Gasteiger partial charge in [-0.05, 0) is 84.2 Å². The van der Waals surface area contributed by atoms with Gasteiger partial charge in [0.2, 0.25) is 5.91 Å². The Labute approximate surface area is 238 Å². The predicted octanol–water partition coefficient (Wildman–Crippen LogP) is 2.09. The molecule has 4 atom stereocenters. The van der Waals surface area contributed by atoms with Crippen LogP contribution in [-0.2, 0) is 9.59 Å². The first-order chi connectivity index (χ1) is 18.7. The second-order valence-corrected chi connectivity index (χ2v) is 13.8. The number of likely N-dealkylation sites (tertiary alicyclic amines) is 1. The van der Waals surface area contributed by atoms with E-state index in [9.17, 15) is 19.8 Å². The molecular weight excluding hydrogens is 516 g/mol. The van der Waals surface area contributed by atoms with Crippen LogP contribution in [0, 0.1) is 23.7 Å².